The SMILES string of the molecule is CCNCc1nc(CN2CC(C)SC(C)C2)cs1. The first kappa shape index (κ1) is 14.3. The van der Waals surface area contributed by atoms with E-state index in [0.29, 0.717) is 0 Å². The van der Waals surface area contributed by atoms with E-state index in [1.54, 1.807) is 11.3 Å². The van der Waals surface area contributed by atoms with Gasteiger partial charge in [-0.05, 0) is 6.54 Å². The maximum Gasteiger partial charge on any atom is 0.107 e. The van der Waals surface area contributed by atoms with Crippen LogP contribution in [0.1, 0.15) is 31.5 Å². The van der Waals surface area contributed by atoms with Crippen molar-refractivity contribution in [2.75, 3.05) is 19.6 Å². The monoisotopic (exact) mass is 285 g/mol. The summed E-state index contributed by atoms with van der Waals surface area (Å²) in [7, 11) is 0. The predicted molar refractivity (Wildman–Crippen MR) is 81.3 cm³/mol. The van der Waals surface area contributed by atoms with Gasteiger partial charge in [0.2, 0.25) is 0 Å². The Labute approximate surface area is 118 Å². The molecule has 0 bridgehead atoms. The third-order valence-electron chi connectivity index (χ3n) is 3.01. The van der Waals surface area contributed by atoms with E-state index in [4.69, 9.17) is 4.98 Å². The van der Waals surface area contributed by atoms with Gasteiger partial charge in [-0.2, -0.15) is 11.8 Å². The summed E-state index contributed by atoms with van der Waals surface area (Å²) in [5.74, 6) is 0. The fourth-order valence-electron chi connectivity index (χ4n) is 2.38. The van der Waals surface area contributed by atoms with Crippen molar-refractivity contribution in [2.45, 2.75) is 44.4 Å². The molecule has 1 aromatic rings. The Hall–Kier alpha value is -0.100. The summed E-state index contributed by atoms with van der Waals surface area (Å²) < 4.78 is 0. The average molecular weight is 285 g/mol. The molecule has 0 saturated carbocycles. The van der Waals surface area contributed by atoms with E-state index in [1.165, 1.54) is 23.8 Å². The van der Waals surface area contributed by atoms with Crippen LogP contribution < -0.4 is 5.32 Å². The number of hydrogen-bond donors (Lipinski definition) is 1. The van der Waals surface area contributed by atoms with Crippen molar-refractivity contribution in [3.63, 3.8) is 0 Å². The zero-order chi connectivity index (χ0) is 13.0. The molecule has 0 amide bonds. The fourth-order valence-corrected chi connectivity index (χ4v) is 4.52. The molecule has 0 aromatic carbocycles. The number of thioether (sulfide) groups is 1. The molecule has 5 heteroatoms. The van der Waals surface area contributed by atoms with Gasteiger partial charge in [-0.1, -0.05) is 20.8 Å². The Kier molecular flexibility index (Phi) is 5.48. The van der Waals surface area contributed by atoms with Gasteiger partial charge in [-0.3, -0.25) is 4.90 Å². The van der Waals surface area contributed by atoms with Gasteiger partial charge >= 0.3 is 0 Å². The van der Waals surface area contributed by atoms with Crippen molar-refractivity contribution in [1.29, 1.82) is 0 Å². The van der Waals surface area contributed by atoms with Gasteiger partial charge in [-0.25, -0.2) is 4.98 Å². The molecule has 1 saturated heterocycles. The maximum absolute atomic E-state index is 4.70. The van der Waals surface area contributed by atoms with E-state index in [0.717, 1.165) is 30.1 Å². The van der Waals surface area contributed by atoms with Crippen molar-refractivity contribution in [2.24, 2.45) is 0 Å². The Balaban J connectivity index is 1.86. The van der Waals surface area contributed by atoms with Gasteiger partial charge in [0.05, 0.1) is 5.69 Å². The highest BCUT2D eigenvalue weighted by Crippen LogP contribution is 2.25. The summed E-state index contributed by atoms with van der Waals surface area (Å²) in [6, 6.07) is 0. The molecule has 1 N–H and O–H groups in total. The van der Waals surface area contributed by atoms with Crippen molar-refractivity contribution in [1.82, 2.24) is 15.2 Å². The van der Waals surface area contributed by atoms with Crippen LogP contribution in [-0.2, 0) is 13.1 Å². The first-order valence-electron chi connectivity index (χ1n) is 6.69. The highest BCUT2D eigenvalue weighted by atomic mass is 32.2. The smallest absolute Gasteiger partial charge is 0.107 e. The first-order chi connectivity index (χ1) is 8.67. The summed E-state index contributed by atoms with van der Waals surface area (Å²) in [5, 5.41) is 8.23. The maximum atomic E-state index is 4.70. The van der Waals surface area contributed by atoms with Crippen LogP contribution in [-0.4, -0.2) is 40.0 Å². The molecular weight excluding hydrogens is 262 g/mol. The number of nitrogens with zero attached hydrogens (tertiary/aromatic N) is 2. The van der Waals surface area contributed by atoms with Crippen molar-refractivity contribution in [3.8, 4) is 0 Å². The Morgan fingerprint density at radius 3 is 2.78 bits per heavy atom. The molecule has 0 radical (unpaired) electrons. The largest absolute Gasteiger partial charge is 0.311 e. The van der Waals surface area contributed by atoms with Crippen molar-refractivity contribution in [3.05, 3.63) is 16.1 Å². The van der Waals surface area contributed by atoms with Crippen LogP contribution in [0.4, 0.5) is 0 Å². The second kappa shape index (κ2) is 6.89. The minimum atomic E-state index is 0.744. The van der Waals surface area contributed by atoms with Crippen molar-refractivity contribution >= 4 is 23.1 Å². The molecule has 1 aliphatic heterocycles. The molecule has 0 spiro atoms. The van der Waals surface area contributed by atoms with Crippen LogP contribution in [0, 0.1) is 0 Å². The average Bonchev–Trinajstić information content (AvgIpc) is 2.72. The van der Waals surface area contributed by atoms with Crippen LogP contribution in [0.3, 0.4) is 0 Å². The molecule has 1 aromatic heterocycles. The van der Waals surface area contributed by atoms with Gasteiger partial charge in [0.1, 0.15) is 5.01 Å². The normalized spacial score (nSPS) is 25.5. The summed E-state index contributed by atoms with van der Waals surface area (Å²) in [5.41, 5.74) is 1.24. The van der Waals surface area contributed by atoms with E-state index >= 15 is 0 Å². The summed E-state index contributed by atoms with van der Waals surface area (Å²) in [4.78, 5) is 7.24. The van der Waals surface area contributed by atoms with E-state index in [-0.39, 0.29) is 0 Å². The lowest BCUT2D eigenvalue weighted by atomic mass is 10.3. The molecule has 2 rings (SSSR count). The third kappa shape index (κ3) is 4.23. The quantitative estimate of drug-likeness (QED) is 0.900. The van der Waals surface area contributed by atoms with Crippen LogP contribution in [0.25, 0.3) is 0 Å². The zero-order valence-corrected chi connectivity index (χ0v) is 13.1. The van der Waals surface area contributed by atoms with Gasteiger partial charge in [0, 0.05) is 42.1 Å². The molecule has 2 unspecified atom stereocenters. The zero-order valence-electron chi connectivity index (χ0n) is 11.5. The Bertz CT molecular complexity index is 357. The molecule has 3 nitrogen and oxygen atoms in total. The van der Waals surface area contributed by atoms with E-state index in [1.807, 2.05) is 0 Å². The lowest BCUT2D eigenvalue weighted by molar-refractivity contribution is 0.260. The summed E-state index contributed by atoms with van der Waals surface area (Å²) >= 11 is 3.88. The van der Waals surface area contributed by atoms with Gasteiger partial charge in [-0.15, -0.1) is 11.3 Å². The van der Waals surface area contributed by atoms with Gasteiger partial charge < -0.3 is 5.32 Å². The number of thiazole rings is 1. The minimum absolute atomic E-state index is 0.744. The highest BCUT2D eigenvalue weighted by Gasteiger charge is 2.22. The van der Waals surface area contributed by atoms with E-state index in [9.17, 15) is 0 Å². The standard InChI is InChI=1S/C13H23N3S2/c1-4-14-5-13-15-12(9-17-13)8-16-6-10(2)18-11(3)7-16/h9-11,14H,4-8H2,1-3H3. The molecule has 0 aliphatic carbocycles. The fraction of sp³-hybridized carbons (Fsp3) is 0.769. The molecular formula is C13H23N3S2. The molecule has 1 aliphatic rings. The minimum Gasteiger partial charge on any atom is -0.311 e. The molecule has 2 atom stereocenters. The van der Waals surface area contributed by atoms with Crippen LogP contribution >= 0.6 is 23.1 Å². The van der Waals surface area contributed by atoms with Crippen LogP contribution in [0.2, 0.25) is 0 Å². The predicted octanol–water partition coefficient (Wildman–Crippen LogP) is 2.58. The van der Waals surface area contributed by atoms with E-state index < -0.39 is 0 Å². The highest BCUT2D eigenvalue weighted by molar-refractivity contribution is 8.00. The van der Waals surface area contributed by atoms with Crippen LogP contribution in [0.15, 0.2) is 5.38 Å². The molecule has 2 heterocycles. The second-order valence-corrected chi connectivity index (χ2v) is 7.79. The van der Waals surface area contributed by atoms with Gasteiger partial charge in [0.15, 0.2) is 0 Å². The topological polar surface area (TPSA) is 28.2 Å². The Morgan fingerprint density at radius 2 is 2.11 bits per heavy atom. The Morgan fingerprint density at radius 1 is 1.39 bits per heavy atom. The number of nitrogens with one attached hydrogen (secondary N) is 1. The molecule has 102 valence electrons. The first-order valence-corrected chi connectivity index (χ1v) is 8.51. The van der Waals surface area contributed by atoms with E-state index in [2.05, 4.69) is 48.1 Å². The number of aromatic nitrogens is 1. The van der Waals surface area contributed by atoms with Gasteiger partial charge in [0.25, 0.3) is 0 Å². The van der Waals surface area contributed by atoms with Crippen LogP contribution in [0.5, 0.6) is 0 Å². The van der Waals surface area contributed by atoms with Crippen molar-refractivity contribution < 1.29 is 0 Å². The number of hydrogen-bond acceptors (Lipinski definition) is 5. The lowest BCUT2D eigenvalue weighted by Crippen LogP contribution is -2.39. The lowest BCUT2D eigenvalue weighted by Gasteiger charge is -2.34. The summed E-state index contributed by atoms with van der Waals surface area (Å²) in [6.07, 6.45) is 0. The number of rotatable bonds is 5. The third-order valence-corrected chi connectivity index (χ3v) is 5.13. The molecule has 1 fully saturated rings. The second-order valence-electron chi connectivity index (χ2n) is 4.96. The molecule has 18 heavy (non-hydrogen) atoms. The summed E-state index contributed by atoms with van der Waals surface area (Å²) in [6.45, 7) is 12.1.